The summed E-state index contributed by atoms with van der Waals surface area (Å²) >= 11 is 0. The van der Waals surface area contributed by atoms with Gasteiger partial charge in [0.05, 0.1) is 0 Å². The number of unbranched alkanes of at least 4 members (excludes halogenated alkanes) is 2. The zero-order chi connectivity index (χ0) is 18.5. The summed E-state index contributed by atoms with van der Waals surface area (Å²) in [4.78, 5) is 8.54. The highest BCUT2D eigenvalue weighted by molar-refractivity contribution is 5.73. The standard InChI is InChI=1S/C19H20N6O2/c26-15(10-6-2-5-9-13-7-3-1-4-8-13)19-21-18-16(27-19)11-14(12-20-18)17-22-24-25-23-17/h1,3-4,7-8,11-12,15,26H,2,5-6,9-10H2,(H,22,23,24,25). The Balaban J connectivity index is 1.32. The van der Waals surface area contributed by atoms with Crippen LogP contribution < -0.4 is 0 Å². The van der Waals surface area contributed by atoms with E-state index in [2.05, 4.69) is 54.9 Å². The summed E-state index contributed by atoms with van der Waals surface area (Å²) in [5.74, 6) is 0.801. The van der Waals surface area contributed by atoms with Gasteiger partial charge in [-0.3, -0.25) is 0 Å². The summed E-state index contributed by atoms with van der Waals surface area (Å²) in [6.45, 7) is 0. The molecule has 1 aromatic carbocycles. The molecule has 138 valence electrons. The SMILES string of the molecule is OC(CCCCCc1ccccc1)c1nc2ncc(-c3nnn[nH]3)cc2o1. The van der Waals surface area contributed by atoms with Crippen LogP contribution in [0.1, 0.15) is 43.2 Å². The largest absolute Gasteiger partial charge is 0.436 e. The van der Waals surface area contributed by atoms with Crippen molar-refractivity contribution in [1.29, 1.82) is 0 Å². The Hall–Kier alpha value is -3.13. The molecule has 8 nitrogen and oxygen atoms in total. The molecule has 0 saturated heterocycles. The first-order valence-corrected chi connectivity index (χ1v) is 9.02. The molecular formula is C19H20N6O2. The molecule has 0 aliphatic carbocycles. The van der Waals surface area contributed by atoms with Crippen LogP contribution in [0, 0.1) is 0 Å². The topological polar surface area (TPSA) is 114 Å². The molecule has 0 aliphatic heterocycles. The van der Waals surface area contributed by atoms with Crippen molar-refractivity contribution in [3.05, 3.63) is 54.0 Å². The number of aromatic nitrogens is 6. The molecule has 0 spiro atoms. The van der Waals surface area contributed by atoms with Crippen molar-refractivity contribution in [1.82, 2.24) is 30.6 Å². The molecule has 3 heterocycles. The molecule has 8 heteroatoms. The predicted octanol–water partition coefficient (Wildman–Crippen LogP) is 3.24. The van der Waals surface area contributed by atoms with Crippen LogP contribution in [-0.4, -0.2) is 35.7 Å². The Morgan fingerprint density at radius 2 is 2.00 bits per heavy atom. The van der Waals surface area contributed by atoms with Gasteiger partial charge in [-0.25, -0.2) is 10.1 Å². The number of aryl methyl sites for hydroxylation is 1. The lowest BCUT2D eigenvalue weighted by Crippen LogP contribution is -1.98. The van der Waals surface area contributed by atoms with Crippen LogP contribution >= 0.6 is 0 Å². The number of hydrogen-bond acceptors (Lipinski definition) is 7. The number of aliphatic hydroxyl groups excluding tert-OH is 1. The molecule has 0 radical (unpaired) electrons. The Bertz CT molecular complexity index is 984. The van der Waals surface area contributed by atoms with Gasteiger partial charge < -0.3 is 9.52 Å². The zero-order valence-corrected chi connectivity index (χ0v) is 14.7. The minimum Gasteiger partial charge on any atom is -0.436 e. The Kier molecular flexibility index (Phi) is 5.15. The first-order chi connectivity index (χ1) is 13.3. The number of rotatable bonds is 8. The molecule has 0 bridgehead atoms. The van der Waals surface area contributed by atoms with Crippen LogP contribution in [0.25, 0.3) is 22.6 Å². The zero-order valence-electron chi connectivity index (χ0n) is 14.7. The molecule has 0 fully saturated rings. The number of oxazole rings is 1. The van der Waals surface area contributed by atoms with Gasteiger partial charge in [-0.05, 0) is 41.3 Å². The average Bonchev–Trinajstić information content (AvgIpc) is 3.37. The van der Waals surface area contributed by atoms with E-state index < -0.39 is 6.10 Å². The van der Waals surface area contributed by atoms with Crippen molar-refractivity contribution in [2.45, 2.75) is 38.2 Å². The van der Waals surface area contributed by atoms with Gasteiger partial charge in [0.15, 0.2) is 17.1 Å². The fraction of sp³-hybridized carbons (Fsp3) is 0.316. The number of tetrazole rings is 1. The third kappa shape index (κ3) is 4.17. The van der Waals surface area contributed by atoms with Crippen LogP contribution in [0.4, 0.5) is 0 Å². The smallest absolute Gasteiger partial charge is 0.225 e. The molecule has 0 aliphatic rings. The molecule has 0 saturated carbocycles. The van der Waals surface area contributed by atoms with Gasteiger partial charge in [0.25, 0.3) is 0 Å². The lowest BCUT2D eigenvalue weighted by atomic mass is 10.0. The number of aliphatic hydroxyl groups is 1. The van der Waals surface area contributed by atoms with E-state index in [9.17, 15) is 5.11 Å². The number of pyridine rings is 1. The average molecular weight is 364 g/mol. The van der Waals surface area contributed by atoms with Crippen molar-refractivity contribution in [2.24, 2.45) is 0 Å². The molecule has 1 unspecified atom stereocenters. The van der Waals surface area contributed by atoms with Gasteiger partial charge in [0.1, 0.15) is 6.10 Å². The van der Waals surface area contributed by atoms with Gasteiger partial charge >= 0.3 is 0 Å². The van der Waals surface area contributed by atoms with E-state index in [1.165, 1.54) is 5.56 Å². The first kappa shape index (κ1) is 17.3. The molecule has 4 rings (SSSR count). The van der Waals surface area contributed by atoms with Gasteiger partial charge in [0, 0.05) is 11.8 Å². The molecule has 4 aromatic rings. The van der Waals surface area contributed by atoms with E-state index in [1.807, 2.05) is 6.07 Å². The van der Waals surface area contributed by atoms with E-state index >= 15 is 0 Å². The maximum atomic E-state index is 10.4. The van der Waals surface area contributed by atoms with Crippen LogP contribution in [0.3, 0.4) is 0 Å². The second-order valence-electron chi connectivity index (χ2n) is 6.45. The van der Waals surface area contributed by atoms with Crippen LogP contribution in [0.2, 0.25) is 0 Å². The van der Waals surface area contributed by atoms with E-state index in [0.717, 1.165) is 25.7 Å². The second kappa shape index (κ2) is 8.05. The number of H-pyrrole nitrogens is 1. The Labute approximate surface area is 155 Å². The Morgan fingerprint density at radius 1 is 1.11 bits per heavy atom. The number of nitrogens with one attached hydrogen (secondary N) is 1. The summed E-state index contributed by atoms with van der Waals surface area (Å²) in [6, 6.07) is 12.2. The fourth-order valence-electron chi connectivity index (χ4n) is 3.00. The highest BCUT2D eigenvalue weighted by Gasteiger charge is 2.16. The van der Waals surface area contributed by atoms with Gasteiger partial charge in [-0.15, -0.1) is 5.10 Å². The van der Waals surface area contributed by atoms with E-state index in [1.54, 1.807) is 12.3 Å². The van der Waals surface area contributed by atoms with Crippen molar-refractivity contribution < 1.29 is 9.52 Å². The summed E-state index contributed by atoms with van der Waals surface area (Å²) in [6.07, 6.45) is 5.62. The molecule has 1 atom stereocenters. The number of aromatic amines is 1. The molecule has 0 amide bonds. The van der Waals surface area contributed by atoms with Crippen molar-refractivity contribution >= 4 is 11.2 Å². The number of nitrogens with zero attached hydrogens (tertiary/aromatic N) is 5. The summed E-state index contributed by atoms with van der Waals surface area (Å²) in [7, 11) is 0. The fourth-order valence-corrected chi connectivity index (χ4v) is 3.00. The first-order valence-electron chi connectivity index (χ1n) is 9.02. The van der Waals surface area contributed by atoms with Crippen LogP contribution in [-0.2, 0) is 6.42 Å². The minimum absolute atomic E-state index is 0.299. The second-order valence-corrected chi connectivity index (χ2v) is 6.45. The summed E-state index contributed by atoms with van der Waals surface area (Å²) in [5, 5.41) is 24.0. The van der Waals surface area contributed by atoms with E-state index in [-0.39, 0.29) is 0 Å². The molecule has 3 aromatic heterocycles. The highest BCUT2D eigenvalue weighted by Crippen LogP contribution is 2.25. The van der Waals surface area contributed by atoms with Crippen LogP contribution in [0.15, 0.2) is 47.0 Å². The monoisotopic (exact) mass is 364 g/mol. The Morgan fingerprint density at radius 3 is 2.81 bits per heavy atom. The number of benzene rings is 1. The number of hydrogen-bond donors (Lipinski definition) is 2. The van der Waals surface area contributed by atoms with E-state index in [0.29, 0.717) is 34.9 Å². The predicted molar refractivity (Wildman–Crippen MR) is 98.5 cm³/mol. The summed E-state index contributed by atoms with van der Waals surface area (Å²) < 4.78 is 5.69. The van der Waals surface area contributed by atoms with E-state index in [4.69, 9.17) is 4.42 Å². The molecular weight excluding hydrogens is 344 g/mol. The molecule has 2 N–H and O–H groups in total. The maximum Gasteiger partial charge on any atom is 0.225 e. The van der Waals surface area contributed by atoms with Crippen molar-refractivity contribution in [2.75, 3.05) is 0 Å². The van der Waals surface area contributed by atoms with Crippen molar-refractivity contribution in [3.8, 4) is 11.4 Å². The highest BCUT2D eigenvalue weighted by atomic mass is 16.4. The third-order valence-corrected chi connectivity index (χ3v) is 4.45. The lowest BCUT2D eigenvalue weighted by Gasteiger charge is -2.06. The maximum absolute atomic E-state index is 10.4. The summed E-state index contributed by atoms with van der Waals surface area (Å²) in [5.41, 5.74) is 3.01. The lowest BCUT2D eigenvalue weighted by molar-refractivity contribution is 0.133. The van der Waals surface area contributed by atoms with Gasteiger partial charge in [0.2, 0.25) is 5.89 Å². The normalized spacial score (nSPS) is 12.5. The van der Waals surface area contributed by atoms with Crippen LogP contribution in [0.5, 0.6) is 0 Å². The third-order valence-electron chi connectivity index (χ3n) is 4.45. The minimum atomic E-state index is -0.730. The quantitative estimate of drug-likeness (QED) is 0.461. The van der Waals surface area contributed by atoms with Crippen molar-refractivity contribution in [3.63, 3.8) is 0 Å². The number of fused-ring (bicyclic) bond motifs is 1. The molecule has 27 heavy (non-hydrogen) atoms. The van der Waals surface area contributed by atoms with Gasteiger partial charge in [-0.1, -0.05) is 43.2 Å². The van der Waals surface area contributed by atoms with Gasteiger partial charge in [-0.2, -0.15) is 4.98 Å².